The number of hydrogen-bond donors (Lipinski definition) is 1. The van der Waals surface area contributed by atoms with Gasteiger partial charge in [-0.25, -0.2) is 13.1 Å². The van der Waals surface area contributed by atoms with Gasteiger partial charge in [0.15, 0.2) is 0 Å². The Bertz CT molecular complexity index is 442. The minimum absolute atomic E-state index is 0.00176. The summed E-state index contributed by atoms with van der Waals surface area (Å²) >= 11 is 5.74. The van der Waals surface area contributed by atoms with Crippen LogP contribution in [-0.4, -0.2) is 14.5 Å². The smallest absolute Gasteiger partial charge is 0.212 e. The van der Waals surface area contributed by atoms with Crippen molar-refractivity contribution in [1.29, 1.82) is 0 Å². The standard InChI is InChI=1S/C12H18ClNO2S/c1-3-4-10(2)14-17(15,16)9-11-5-7-12(13)8-6-11/h5-8,10,14H,3-4,9H2,1-2H3/t10-/m0/s1. The lowest BCUT2D eigenvalue weighted by Gasteiger charge is -2.13. The zero-order chi connectivity index (χ0) is 12.9. The van der Waals surface area contributed by atoms with Gasteiger partial charge in [0.25, 0.3) is 0 Å². The topological polar surface area (TPSA) is 46.2 Å². The molecule has 0 aromatic heterocycles. The highest BCUT2D eigenvalue weighted by Crippen LogP contribution is 2.12. The van der Waals surface area contributed by atoms with Crippen molar-refractivity contribution < 1.29 is 8.42 Å². The van der Waals surface area contributed by atoms with Gasteiger partial charge in [-0.15, -0.1) is 0 Å². The van der Waals surface area contributed by atoms with Gasteiger partial charge >= 0.3 is 0 Å². The summed E-state index contributed by atoms with van der Waals surface area (Å²) in [5.41, 5.74) is 0.741. The van der Waals surface area contributed by atoms with Crippen LogP contribution in [0.5, 0.6) is 0 Å². The highest BCUT2D eigenvalue weighted by atomic mass is 35.5. The van der Waals surface area contributed by atoms with E-state index < -0.39 is 10.0 Å². The van der Waals surface area contributed by atoms with Gasteiger partial charge in [0.1, 0.15) is 0 Å². The minimum Gasteiger partial charge on any atom is -0.212 e. The van der Waals surface area contributed by atoms with E-state index in [9.17, 15) is 8.42 Å². The average molecular weight is 276 g/mol. The summed E-state index contributed by atoms with van der Waals surface area (Å²) < 4.78 is 26.3. The second-order valence-electron chi connectivity index (χ2n) is 4.19. The molecule has 0 aliphatic rings. The first-order valence-electron chi connectivity index (χ1n) is 5.67. The summed E-state index contributed by atoms with van der Waals surface area (Å²) in [6, 6.07) is 6.83. The van der Waals surface area contributed by atoms with Crippen LogP contribution >= 0.6 is 11.6 Å². The maximum atomic E-state index is 11.8. The summed E-state index contributed by atoms with van der Waals surface area (Å²) in [5, 5.41) is 0.610. The van der Waals surface area contributed by atoms with Crippen LogP contribution in [0.25, 0.3) is 0 Å². The molecule has 0 aliphatic heterocycles. The second-order valence-corrected chi connectivity index (χ2v) is 6.38. The molecule has 5 heteroatoms. The first-order valence-corrected chi connectivity index (χ1v) is 7.70. The van der Waals surface area contributed by atoms with Crippen LogP contribution in [-0.2, 0) is 15.8 Å². The normalized spacial score (nSPS) is 13.6. The van der Waals surface area contributed by atoms with Gasteiger partial charge in [-0.2, -0.15) is 0 Å². The van der Waals surface area contributed by atoms with Crippen molar-refractivity contribution in [2.45, 2.75) is 38.5 Å². The maximum Gasteiger partial charge on any atom is 0.216 e. The molecule has 0 radical (unpaired) electrons. The summed E-state index contributed by atoms with van der Waals surface area (Å²) in [6.07, 6.45) is 1.81. The monoisotopic (exact) mass is 275 g/mol. The van der Waals surface area contributed by atoms with E-state index in [1.165, 1.54) is 0 Å². The number of hydrogen-bond acceptors (Lipinski definition) is 2. The SMILES string of the molecule is CCC[C@H](C)NS(=O)(=O)Cc1ccc(Cl)cc1. The van der Waals surface area contributed by atoms with Gasteiger partial charge in [-0.05, 0) is 31.0 Å². The van der Waals surface area contributed by atoms with E-state index in [1.807, 2.05) is 13.8 Å². The zero-order valence-corrected chi connectivity index (χ0v) is 11.7. The number of benzene rings is 1. The third-order valence-electron chi connectivity index (χ3n) is 2.37. The molecule has 0 saturated heterocycles. The molecule has 3 nitrogen and oxygen atoms in total. The number of rotatable bonds is 6. The Labute approximate surface area is 108 Å². The predicted molar refractivity (Wildman–Crippen MR) is 71.6 cm³/mol. The van der Waals surface area contributed by atoms with Crippen LogP contribution in [0.15, 0.2) is 24.3 Å². The van der Waals surface area contributed by atoms with Crippen molar-refractivity contribution in [1.82, 2.24) is 4.72 Å². The van der Waals surface area contributed by atoms with Crippen molar-refractivity contribution in [2.75, 3.05) is 0 Å². The van der Waals surface area contributed by atoms with Crippen LogP contribution in [0, 0.1) is 0 Å². The van der Waals surface area contributed by atoms with Gasteiger partial charge < -0.3 is 0 Å². The van der Waals surface area contributed by atoms with E-state index in [1.54, 1.807) is 24.3 Å². The molecule has 96 valence electrons. The molecule has 17 heavy (non-hydrogen) atoms. The number of sulfonamides is 1. The summed E-state index contributed by atoms with van der Waals surface area (Å²) in [7, 11) is -3.26. The van der Waals surface area contributed by atoms with E-state index in [4.69, 9.17) is 11.6 Å². The third-order valence-corrected chi connectivity index (χ3v) is 4.10. The molecular formula is C12H18ClNO2S. The molecule has 0 bridgehead atoms. The molecular weight excluding hydrogens is 258 g/mol. The number of nitrogens with one attached hydrogen (secondary N) is 1. The summed E-state index contributed by atoms with van der Waals surface area (Å²) in [5.74, 6) is -0.00176. The second kappa shape index (κ2) is 6.38. The van der Waals surface area contributed by atoms with Crippen molar-refractivity contribution in [3.63, 3.8) is 0 Å². The van der Waals surface area contributed by atoms with Gasteiger partial charge in [-0.3, -0.25) is 0 Å². The Morgan fingerprint density at radius 3 is 2.41 bits per heavy atom. The molecule has 1 aromatic carbocycles. The molecule has 0 unspecified atom stereocenters. The van der Waals surface area contributed by atoms with E-state index in [-0.39, 0.29) is 11.8 Å². The predicted octanol–water partition coefficient (Wildman–Crippen LogP) is 2.95. The molecule has 0 saturated carbocycles. The molecule has 0 fully saturated rings. The van der Waals surface area contributed by atoms with Gasteiger partial charge in [0, 0.05) is 11.1 Å². The van der Waals surface area contributed by atoms with Crippen molar-refractivity contribution in [3.8, 4) is 0 Å². The largest absolute Gasteiger partial charge is 0.216 e. The molecule has 1 rings (SSSR count). The average Bonchev–Trinajstić information content (AvgIpc) is 2.20. The fraction of sp³-hybridized carbons (Fsp3) is 0.500. The molecule has 1 atom stereocenters. The van der Waals surface area contributed by atoms with Crippen LogP contribution in [0.2, 0.25) is 5.02 Å². The van der Waals surface area contributed by atoms with Crippen LogP contribution in [0.4, 0.5) is 0 Å². The summed E-state index contributed by atoms with van der Waals surface area (Å²) in [6.45, 7) is 3.91. The van der Waals surface area contributed by atoms with Gasteiger partial charge in [0.2, 0.25) is 10.0 Å². The highest BCUT2D eigenvalue weighted by Gasteiger charge is 2.14. The number of halogens is 1. The van der Waals surface area contributed by atoms with E-state index in [0.29, 0.717) is 5.02 Å². The maximum absolute atomic E-state index is 11.8. The van der Waals surface area contributed by atoms with Gasteiger partial charge in [0.05, 0.1) is 5.75 Å². The minimum atomic E-state index is -3.26. The Morgan fingerprint density at radius 2 is 1.88 bits per heavy atom. The molecule has 0 heterocycles. The van der Waals surface area contributed by atoms with Crippen molar-refractivity contribution in [2.24, 2.45) is 0 Å². The zero-order valence-electron chi connectivity index (χ0n) is 10.1. The van der Waals surface area contributed by atoms with Gasteiger partial charge in [-0.1, -0.05) is 37.1 Å². The van der Waals surface area contributed by atoms with E-state index >= 15 is 0 Å². The lowest BCUT2D eigenvalue weighted by Crippen LogP contribution is -2.33. The lowest BCUT2D eigenvalue weighted by molar-refractivity contribution is 0.543. The quantitative estimate of drug-likeness (QED) is 0.868. The van der Waals surface area contributed by atoms with Crippen molar-refractivity contribution in [3.05, 3.63) is 34.9 Å². The third kappa shape index (κ3) is 5.52. The molecule has 0 spiro atoms. The van der Waals surface area contributed by atoms with Crippen LogP contribution in [0.1, 0.15) is 32.3 Å². The van der Waals surface area contributed by atoms with E-state index in [0.717, 1.165) is 18.4 Å². The van der Waals surface area contributed by atoms with Crippen molar-refractivity contribution >= 4 is 21.6 Å². The fourth-order valence-corrected chi connectivity index (χ4v) is 3.21. The fourth-order valence-electron chi connectivity index (χ4n) is 1.64. The molecule has 1 aromatic rings. The lowest BCUT2D eigenvalue weighted by atomic mass is 10.2. The highest BCUT2D eigenvalue weighted by molar-refractivity contribution is 7.88. The van der Waals surface area contributed by atoms with Crippen LogP contribution < -0.4 is 4.72 Å². The Kier molecular flexibility index (Phi) is 5.43. The van der Waals surface area contributed by atoms with Crippen LogP contribution in [0.3, 0.4) is 0 Å². The van der Waals surface area contributed by atoms with E-state index in [2.05, 4.69) is 4.72 Å². The molecule has 0 amide bonds. The Morgan fingerprint density at radius 1 is 1.29 bits per heavy atom. The Balaban J connectivity index is 2.63. The first-order chi connectivity index (χ1) is 7.93. The summed E-state index contributed by atoms with van der Waals surface area (Å²) in [4.78, 5) is 0. The molecule has 0 aliphatic carbocycles. The Hall–Kier alpha value is -0.580. The first kappa shape index (κ1) is 14.5. The molecule has 1 N–H and O–H groups in total.